The van der Waals surface area contributed by atoms with Gasteiger partial charge in [0.2, 0.25) is 11.8 Å². The van der Waals surface area contributed by atoms with Crippen molar-refractivity contribution >= 4 is 0 Å². The van der Waals surface area contributed by atoms with Gasteiger partial charge in [-0.15, -0.1) is 5.10 Å². The third-order valence-corrected chi connectivity index (χ3v) is 4.33. The minimum atomic E-state index is -0.514. The van der Waals surface area contributed by atoms with Gasteiger partial charge in [0.25, 0.3) is 0 Å². The molecule has 1 atom stereocenters. The molecule has 0 bridgehead atoms. The molecule has 0 amide bonds. The number of ether oxygens (including phenoxy) is 2. The molecular weight excluding hydrogens is 324 g/mol. The summed E-state index contributed by atoms with van der Waals surface area (Å²) in [5, 5.41) is 35.7. The number of allylic oxidation sites excluding steroid dienone is 1. The summed E-state index contributed by atoms with van der Waals surface area (Å²) in [6.45, 7) is 1.28. The first-order valence-corrected chi connectivity index (χ1v) is 7.59. The Morgan fingerprint density at radius 3 is 2.76 bits per heavy atom. The highest BCUT2D eigenvalue weighted by atomic mass is 16.5. The topological polar surface area (TPSA) is 137 Å². The number of aliphatic hydroxyl groups is 2. The number of nitriles is 1. The summed E-state index contributed by atoms with van der Waals surface area (Å²) < 4.78 is 10.8. The van der Waals surface area contributed by atoms with Crippen molar-refractivity contribution in [3.8, 4) is 17.7 Å². The number of H-pyrrole nitrogens is 1. The van der Waals surface area contributed by atoms with Crippen LogP contribution in [-0.4, -0.2) is 27.5 Å². The molecule has 5 N–H and O–H groups in total. The molecule has 8 nitrogen and oxygen atoms in total. The quantitative estimate of drug-likeness (QED) is 0.648. The second kappa shape index (κ2) is 6.47. The van der Waals surface area contributed by atoms with E-state index in [0.29, 0.717) is 33.9 Å². The van der Waals surface area contributed by atoms with Crippen molar-refractivity contribution in [2.75, 3.05) is 7.11 Å². The van der Waals surface area contributed by atoms with Crippen molar-refractivity contribution in [3.63, 3.8) is 0 Å². The summed E-state index contributed by atoms with van der Waals surface area (Å²) in [5.74, 6) is 0.213. The molecule has 0 saturated heterocycles. The van der Waals surface area contributed by atoms with Crippen molar-refractivity contribution in [1.29, 1.82) is 5.26 Å². The first-order valence-electron chi connectivity index (χ1n) is 7.59. The monoisotopic (exact) mass is 342 g/mol. The van der Waals surface area contributed by atoms with Crippen molar-refractivity contribution < 1.29 is 19.7 Å². The van der Waals surface area contributed by atoms with Crippen LogP contribution in [0.15, 0.2) is 23.6 Å². The Balaban J connectivity index is 2.27. The molecule has 8 heteroatoms. The molecule has 2 heterocycles. The van der Waals surface area contributed by atoms with Crippen LogP contribution in [0.3, 0.4) is 0 Å². The molecule has 0 spiro atoms. The number of methoxy groups -OCH3 is 1. The van der Waals surface area contributed by atoms with E-state index in [1.807, 2.05) is 6.92 Å². The SMILES string of the molecule is COc1cc([C@@H]2C(C#N)=C(N)Oc3n[nH]c(C)c32)cc(CO)c1CO. The largest absolute Gasteiger partial charge is 0.496 e. The van der Waals surface area contributed by atoms with Gasteiger partial charge in [-0.05, 0) is 24.1 Å². The average Bonchev–Trinajstić information content (AvgIpc) is 2.99. The lowest BCUT2D eigenvalue weighted by Crippen LogP contribution is -2.21. The number of fused-ring (bicyclic) bond motifs is 1. The van der Waals surface area contributed by atoms with Crippen molar-refractivity contribution in [3.05, 3.63) is 51.5 Å². The minimum Gasteiger partial charge on any atom is -0.496 e. The van der Waals surface area contributed by atoms with Gasteiger partial charge in [-0.25, -0.2) is 0 Å². The van der Waals surface area contributed by atoms with Crippen LogP contribution in [0.1, 0.15) is 33.9 Å². The minimum absolute atomic E-state index is 0.0118. The van der Waals surface area contributed by atoms with E-state index in [1.54, 1.807) is 12.1 Å². The number of aliphatic hydroxyl groups excluding tert-OH is 2. The Morgan fingerprint density at radius 1 is 1.40 bits per heavy atom. The van der Waals surface area contributed by atoms with E-state index in [2.05, 4.69) is 16.3 Å². The first kappa shape index (κ1) is 16.8. The summed E-state index contributed by atoms with van der Waals surface area (Å²) in [5.41, 5.74) is 9.30. The molecule has 0 radical (unpaired) electrons. The Labute approximate surface area is 144 Å². The predicted molar refractivity (Wildman–Crippen MR) is 87.5 cm³/mol. The van der Waals surface area contributed by atoms with Crippen LogP contribution in [0, 0.1) is 18.3 Å². The van der Waals surface area contributed by atoms with E-state index in [1.165, 1.54) is 7.11 Å². The molecule has 0 aliphatic carbocycles. The first-order chi connectivity index (χ1) is 12.0. The van der Waals surface area contributed by atoms with Gasteiger partial charge < -0.3 is 25.4 Å². The zero-order valence-corrected chi connectivity index (χ0v) is 13.8. The third-order valence-electron chi connectivity index (χ3n) is 4.33. The maximum absolute atomic E-state index is 9.67. The van der Waals surface area contributed by atoms with E-state index < -0.39 is 5.92 Å². The van der Waals surface area contributed by atoms with E-state index in [4.69, 9.17) is 15.2 Å². The zero-order chi connectivity index (χ0) is 18.1. The number of aryl methyl sites for hydroxylation is 1. The number of rotatable bonds is 4. The Kier molecular flexibility index (Phi) is 4.35. The van der Waals surface area contributed by atoms with Gasteiger partial charge in [-0.1, -0.05) is 6.07 Å². The smallest absolute Gasteiger partial charge is 0.244 e. The maximum atomic E-state index is 9.67. The fraction of sp³-hybridized carbons (Fsp3) is 0.294. The standard InChI is InChI=1S/C17H18N4O4/c1-8-14-15(11(5-18)16(19)25-17(14)21-20-8)9-3-10(6-22)12(7-23)13(4-9)24-2/h3-4,15,22-23H,6-7,19H2,1-2H3,(H,20,21)/t15-/m1/s1. The van der Waals surface area contributed by atoms with Crippen LogP contribution in [0.25, 0.3) is 0 Å². The van der Waals surface area contributed by atoms with Crippen molar-refractivity contribution in [2.45, 2.75) is 26.1 Å². The van der Waals surface area contributed by atoms with Gasteiger partial charge in [-0.3, -0.25) is 5.10 Å². The van der Waals surface area contributed by atoms with Gasteiger partial charge in [0.05, 0.1) is 26.2 Å². The summed E-state index contributed by atoms with van der Waals surface area (Å²) in [6, 6.07) is 5.55. The second-order valence-electron chi connectivity index (χ2n) is 5.67. The summed E-state index contributed by atoms with van der Waals surface area (Å²) in [6.07, 6.45) is 0. The molecule has 3 rings (SSSR count). The summed E-state index contributed by atoms with van der Waals surface area (Å²) in [7, 11) is 1.48. The second-order valence-corrected chi connectivity index (χ2v) is 5.67. The molecule has 1 aromatic carbocycles. The fourth-order valence-electron chi connectivity index (χ4n) is 3.13. The van der Waals surface area contributed by atoms with Gasteiger partial charge in [-0.2, -0.15) is 5.26 Å². The Bertz CT molecular complexity index is 870. The number of nitrogens with two attached hydrogens (primary N) is 1. The van der Waals surface area contributed by atoms with Crippen LogP contribution >= 0.6 is 0 Å². The highest BCUT2D eigenvalue weighted by molar-refractivity contribution is 5.57. The molecule has 1 aromatic heterocycles. The number of hydrogen-bond donors (Lipinski definition) is 4. The number of nitrogens with zero attached hydrogens (tertiary/aromatic N) is 2. The lowest BCUT2D eigenvalue weighted by atomic mass is 9.83. The number of aromatic amines is 1. The van der Waals surface area contributed by atoms with Crippen LogP contribution in [0.5, 0.6) is 11.6 Å². The van der Waals surface area contributed by atoms with Gasteiger partial charge in [0, 0.05) is 16.8 Å². The van der Waals surface area contributed by atoms with Crippen LogP contribution in [0.2, 0.25) is 0 Å². The Hall–Kier alpha value is -3.02. The zero-order valence-electron chi connectivity index (χ0n) is 13.8. The highest BCUT2D eigenvalue weighted by Gasteiger charge is 2.35. The number of nitrogens with one attached hydrogen (secondary N) is 1. The normalized spacial score (nSPS) is 16.2. The highest BCUT2D eigenvalue weighted by Crippen LogP contribution is 2.44. The predicted octanol–water partition coefficient (Wildman–Crippen LogP) is 0.929. The number of benzene rings is 1. The molecule has 25 heavy (non-hydrogen) atoms. The molecule has 2 aromatic rings. The third kappa shape index (κ3) is 2.59. The van der Waals surface area contributed by atoms with E-state index in [-0.39, 0.29) is 24.7 Å². The van der Waals surface area contributed by atoms with Gasteiger partial charge >= 0.3 is 0 Å². The van der Waals surface area contributed by atoms with Crippen molar-refractivity contribution in [1.82, 2.24) is 10.2 Å². The summed E-state index contributed by atoms with van der Waals surface area (Å²) >= 11 is 0. The number of aromatic nitrogens is 2. The number of hydrogen-bond acceptors (Lipinski definition) is 7. The fourth-order valence-corrected chi connectivity index (χ4v) is 3.13. The molecule has 1 aliphatic rings. The van der Waals surface area contributed by atoms with Crippen LogP contribution < -0.4 is 15.2 Å². The molecule has 0 unspecified atom stereocenters. The van der Waals surface area contributed by atoms with Crippen LogP contribution in [-0.2, 0) is 13.2 Å². The van der Waals surface area contributed by atoms with E-state index >= 15 is 0 Å². The Morgan fingerprint density at radius 2 is 2.16 bits per heavy atom. The van der Waals surface area contributed by atoms with E-state index in [9.17, 15) is 15.5 Å². The molecule has 130 valence electrons. The van der Waals surface area contributed by atoms with Crippen molar-refractivity contribution in [2.24, 2.45) is 5.73 Å². The molecule has 1 aliphatic heterocycles. The lowest BCUT2D eigenvalue weighted by molar-refractivity contribution is 0.253. The van der Waals surface area contributed by atoms with Gasteiger partial charge in [0.15, 0.2) is 0 Å². The molecule has 0 fully saturated rings. The molecule has 0 saturated carbocycles. The van der Waals surface area contributed by atoms with Gasteiger partial charge in [0.1, 0.15) is 17.4 Å². The lowest BCUT2D eigenvalue weighted by Gasteiger charge is -2.25. The molecular formula is C17H18N4O4. The van der Waals surface area contributed by atoms with Crippen LogP contribution in [0.4, 0.5) is 0 Å². The summed E-state index contributed by atoms with van der Waals surface area (Å²) in [4.78, 5) is 0. The van der Waals surface area contributed by atoms with E-state index in [0.717, 1.165) is 5.69 Å². The maximum Gasteiger partial charge on any atom is 0.244 e. The average molecular weight is 342 g/mol.